The van der Waals surface area contributed by atoms with Crippen LogP contribution in [0.5, 0.6) is 5.75 Å². The van der Waals surface area contributed by atoms with Crippen LogP contribution in [0.1, 0.15) is 22.5 Å². The zero-order valence-electron chi connectivity index (χ0n) is 12.6. The summed E-state index contributed by atoms with van der Waals surface area (Å²) in [5, 5.41) is 0.443. The summed E-state index contributed by atoms with van der Waals surface area (Å²) in [6.45, 7) is 2.74. The number of nitrogens with zero attached hydrogens (tertiary/aromatic N) is 1. The first kappa shape index (κ1) is 15.6. The van der Waals surface area contributed by atoms with E-state index >= 15 is 0 Å². The van der Waals surface area contributed by atoms with Gasteiger partial charge in [0.05, 0.1) is 23.2 Å². The Labute approximate surface area is 138 Å². The van der Waals surface area contributed by atoms with Gasteiger partial charge in [-0.1, -0.05) is 23.7 Å². The van der Waals surface area contributed by atoms with Gasteiger partial charge in [0, 0.05) is 19.0 Å². The SMILES string of the molecule is Cc1cc(OC2CCN(C(=O)c3ccccc3Cl)C2)cc(=O)o1. The van der Waals surface area contributed by atoms with Crippen LogP contribution >= 0.6 is 11.6 Å². The van der Waals surface area contributed by atoms with Crippen molar-refractivity contribution in [1.29, 1.82) is 0 Å². The van der Waals surface area contributed by atoms with E-state index in [1.807, 2.05) is 0 Å². The number of rotatable bonds is 3. The molecule has 1 atom stereocenters. The normalized spacial score (nSPS) is 17.3. The zero-order valence-corrected chi connectivity index (χ0v) is 13.4. The molecule has 1 aromatic carbocycles. The van der Waals surface area contributed by atoms with Gasteiger partial charge < -0.3 is 14.1 Å². The molecular formula is C17H16ClNO4. The van der Waals surface area contributed by atoms with Gasteiger partial charge in [-0.15, -0.1) is 0 Å². The molecule has 0 spiro atoms. The molecule has 0 radical (unpaired) electrons. The Morgan fingerprint density at radius 1 is 1.35 bits per heavy atom. The summed E-state index contributed by atoms with van der Waals surface area (Å²) in [4.78, 5) is 25.6. The number of amides is 1. The first-order chi connectivity index (χ1) is 11.0. The van der Waals surface area contributed by atoms with Gasteiger partial charge >= 0.3 is 5.63 Å². The molecule has 1 fully saturated rings. The van der Waals surface area contributed by atoms with Crippen molar-refractivity contribution < 1.29 is 13.9 Å². The summed E-state index contributed by atoms with van der Waals surface area (Å²) in [6.07, 6.45) is 0.554. The fourth-order valence-electron chi connectivity index (χ4n) is 2.65. The Bertz CT molecular complexity index is 786. The smallest absolute Gasteiger partial charge is 0.339 e. The second-order valence-electron chi connectivity index (χ2n) is 5.48. The van der Waals surface area contributed by atoms with Gasteiger partial charge in [0.15, 0.2) is 0 Å². The second kappa shape index (κ2) is 6.46. The molecule has 1 unspecified atom stereocenters. The Morgan fingerprint density at radius 2 is 2.13 bits per heavy atom. The lowest BCUT2D eigenvalue weighted by atomic mass is 10.2. The van der Waals surface area contributed by atoms with Crippen molar-refractivity contribution in [3.63, 3.8) is 0 Å². The molecule has 1 amide bonds. The van der Waals surface area contributed by atoms with Gasteiger partial charge in [-0.3, -0.25) is 4.79 Å². The largest absolute Gasteiger partial charge is 0.488 e. The van der Waals surface area contributed by atoms with Crippen LogP contribution in [0.15, 0.2) is 45.6 Å². The molecule has 6 heteroatoms. The molecule has 1 saturated heterocycles. The molecule has 0 aliphatic carbocycles. The van der Waals surface area contributed by atoms with Crippen LogP contribution < -0.4 is 10.4 Å². The zero-order chi connectivity index (χ0) is 16.4. The Balaban J connectivity index is 1.68. The van der Waals surface area contributed by atoms with Gasteiger partial charge in [0.25, 0.3) is 5.91 Å². The number of ether oxygens (including phenoxy) is 1. The molecular weight excluding hydrogens is 318 g/mol. The third-order valence-electron chi connectivity index (χ3n) is 3.71. The number of benzene rings is 1. The standard InChI is InChI=1S/C17H16ClNO4/c1-11-8-13(9-16(20)22-11)23-12-6-7-19(10-12)17(21)14-4-2-3-5-15(14)18/h2-5,8-9,12H,6-7,10H2,1H3. The van der Waals surface area contributed by atoms with Crippen molar-refractivity contribution >= 4 is 17.5 Å². The number of halogens is 1. The summed E-state index contributed by atoms with van der Waals surface area (Å²) in [5.41, 5.74) is 0.0491. The first-order valence-electron chi connectivity index (χ1n) is 7.35. The van der Waals surface area contributed by atoms with Crippen LogP contribution in [0, 0.1) is 6.92 Å². The molecule has 2 heterocycles. The van der Waals surface area contributed by atoms with Gasteiger partial charge in [-0.2, -0.15) is 0 Å². The number of carbonyl (C=O) groups excluding carboxylic acids is 1. The van der Waals surface area contributed by atoms with Gasteiger partial charge in [-0.25, -0.2) is 4.79 Å². The van der Waals surface area contributed by atoms with Gasteiger partial charge in [0.2, 0.25) is 0 Å². The topological polar surface area (TPSA) is 59.8 Å². The van der Waals surface area contributed by atoms with Crippen LogP contribution in [0.3, 0.4) is 0 Å². The third kappa shape index (κ3) is 3.56. The van der Waals surface area contributed by atoms with Gasteiger partial charge in [-0.05, 0) is 19.1 Å². The number of hydrogen-bond donors (Lipinski definition) is 0. The fourth-order valence-corrected chi connectivity index (χ4v) is 2.87. The van der Waals surface area contributed by atoms with Crippen LogP contribution in [-0.4, -0.2) is 30.0 Å². The highest BCUT2D eigenvalue weighted by Crippen LogP contribution is 2.22. The van der Waals surface area contributed by atoms with E-state index in [0.29, 0.717) is 41.6 Å². The van der Waals surface area contributed by atoms with Crippen LogP contribution in [0.4, 0.5) is 0 Å². The average Bonchev–Trinajstić information content (AvgIpc) is 2.94. The Kier molecular flexibility index (Phi) is 4.39. The van der Waals surface area contributed by atoms with Gasteiger partial charge in [0.1, 0.15) is 17.6 Å². The molecule has 1 aliphatic heterocycles. The van der Waals surface area contributed by atoms with Crippen LogP contribution in [-0.2, 0) is 0 Å². The number of aryl methyl sites for hydroxylation is 1. The lowest BCUT2D eigenvalue weighted by molar-refractivity contribution is 0.0772. The maximum atomic E-state index is 12.5. The molecule has 23 heavy (non-hydrogen) atoms. The summed E-state index contributed by atoms with van der Waals surface area (Å²) < 4.78 is 10.7. The highest BCUT2D eigenvalue weighted by atomic mass is 35.5. The summed E-state index contributed by atoms with van der Waals surface area (Å²) in [7, 11) is 0. The van der Waals surface area contributed by atoms with E-state index in [9.17, 15) is 9.59 Å². The highest BCUT2D eigenvalue weighted by molar-refractivity contribution is 6.33. The van der Waals surface area contributed by atoms with E-state index in [4.69, 9.17) is 20.8 Å². The summed E-state index contributed by atoms with van der Waals surface area (Å²) in [6, 6.07) is 9.97. The molecule has 0 N–H and O–H groups in total. The minimum absolute atomic E-state index is 0.106. The van der Waals surface area contributed by atoms with Crippen molar-refractivity contribution in [2.24, 2.45) is 0 Å². The Hall–Kier alpha value is -2.27. The number of carbonyl (C=O) groups is 1. The van der Waals surface area contributed by atoms with E-state index in [-0.39, 0.29) is 12.0 Å². The molecule has 3 rings (SSSR count). The van der Waals surface area contributed by atoms with E-state index in [1.165, 1.54) is 6.07 Å². The maximum Gasteiger partial charge on any atom is 0.339 e. The summed E-state index contributed by atoms with van der Waals surface area (Å²) >= 11 is 6.07. The average molecular weight is 334 g/mol. The van der Waals surface area contributed by atoms with Crippen molar-refractivity contribution in [2.45, 2.75) is 19.4 Å². The minimum Gasteiger partial charge on any atom is -0.488 e. The Morgan fingerprint density at radius 3 is 2.87 bits per heavy atom. The van der Waals surface area contributed by atoms with E-state index in [2.05, 4.69) is 0 Å². The molecule has 0 bridgehead atoms. The first-order valence-corrected chi connectivity index (χ1v) is 7.73. The molecule has 0 saturated carbocycles. The highest BCUT2D eigenvalue weighted by Gasteiger charge is 2.29. The molecule has 1 aliphatic rings. The van der Waals surface area contributed by atoms with E-state index < -0.39 is 5.63 Å². The monoisotopic (exact) mass is 333 g/mol. The van der Waals surface area contributed by atoms with Crippen molar-refractivity contribution in [2.75, 3.05) is 13.1 Å². The maximum absolute atomic E-state index is 12.5. The number of hydrogen-bond acceptors (Lipinski definition) is 4. The van der Waals surface area contributed by atoms with E-state index in [0.717, 1.165) is 0 Å². The molecule has 5 nitrogen and oxygen atoms in total. The fraction of sp³-hybridized carbons (Fsp3) is 0.294. The lowest BCUT2D eigenvalue weighted by Gasteiger charge is -2.18. The van der Waals surface area contributed by atoms with E-state index in [1.54, 1.807) is 42.2 Å². The van der Waals surface area contributed by atoms with Crippen LogP contribution in [0.2, 0.25) is 5.02 Å². The molecule has 2 aromatic rings. The minimum atomic E-state index is -0.443. The summed E-state index contributed by atoms with van der Waals surface area (Å²) in [5.74, 6) is 0.857. The van der Waals surface area contributed by atoms with Crippen molar-refractivity contribution in [3.8, 4) is 5.75 Å². The predicted octanol–water partition coefficient (Wildman–Crippen LogP) is 2.90. The second-order valence-corrected chi connectivity index (χ2v) is 5.89. The third-order valence-corrected chi connectivity index (χ3v) is 4.04. The predicted molar refractivity (Wildman–Crippen MR) is 86.1 cm³/mol. The molecule has 1 aromatic heterocycles. The van der Waals surface area contributed by atoms with Crippen molar-refractivity contribution in [3.05, 3.63) is 63.2 Å². The van der Waals surface area contributed by atoms with Crippen LogP contribution in [0.25, 0.3) is 0 Å². The van der Waals surface area contributed by atoms with Crippen molar-refractivity contribution in [1.82, 2.24) is 4.90 Å². The molecule has 120 valence electrons. The lowest BCUT2D eigenvalue weighted by Crippen LogP contribution is -2.31. The number of likely N-dealkylation sites (tertiary alicyclic amines) is 1. The quantitative estimate of drug-likeness (QED) is 0.866.